The molecule has 2 spiro atoms. The SMILES string of the molecule is CS(=O)(=O)c1ccccc1CN1CC2(C1)CN(C(=O)N1CC3(CC(c4n[nH]c(C5CC5)n4)C3)C1)C2. The lowest BCUT2D eigenvalue weighted by Gasteiger charge is -2.63. The van der Waals surface area contributed by atoms with Crippen LogP contribution in [0.2, 0.25) is 0 Å². The van der Waals surface area contributed by atoms with Gasteiger partial charge in [0.25, 0.3) is 0 Å². The molecule has 5 aliphatic rings. The molecule has 0 unspecified atom stereocenters. The summed E-state index contributed by atoms with van der Waals surface area (Å²) in [6, 6.07) is 7.43. The average molecular weight is 497 g/mol. The van der Waals surface area contributed by atoms with Crippen LogP contribution in [0.5, 0.6) is 0 Å². The summed E-state index contributed by atoms with van der Waals surface area (Å²) in [5.74, 6) is 3.08. The molecule has 0 atom stereocenters. The molecule has 2 saturated carbocycles. The van der Waals surface area contributed by atoms with Gasteiger partial charge in [-0.2, -0.15) is 5.10 Å². The largest absolute Gasteiger partial charge is 0.323 e. The van der Waals surface area contributed by atoms with Gasteiger partial charge in [-0.05, 0) is 37.3 Å². The molecule has 9 nitrogen and oxygen atoms in total. The smallest absolute Gasteiger partial charge is 0.320 e. The van der Waals surface area contributed by atoms with Gasteiger partial charge in [-0.15, -0.1) is 0 Å². The Labute approximate surface area is 205 Å². The summed E-state index contributed by atoms with van der Waals surface area (Å²) in [4.78, 5) is 24.4. The number of carbonyl (C=O) groups is 1. The number of nitrogens with zero attached hydrogens (tertiary/aromatic N) is 5. The topological polar surface area (TPSA) is 103 Å². The molecule has 2 aromatic rings. The van der Waals surface area contributed by atoms with Gasteiger partial charge in [0.1, 0.15) is 5.82 Å². The predicted octanol–water partition coefficient (Wildman–Crippen LogP) is 2.20. The lowest BCUT2D eigenvalue weighted by Crippen LogP contribution is -2.75. The minimum Gasteiger partial charge on any atom is -0.323 e. The quantitative estimate of drug-likeness (QED) is 0.681. The first-order valence-corrected chi connectivity index (χ1v) is 14.6. The van der Waals surface area contributed by atoms with E-state index >= 15 is 0 Å². The van der Waals surface area contributed by atoms with Crippen molar-refractivity contribution in [2.45, 2.75) is 49.0 Å². The van der Waals surface area contributed by atoms with Crippen LogP contribution in [0.25, 0.3) is 0 Å². The van der Waals surface area contributed by atoms with E-state index in [4.69, 9.17) is 4.98 Å². The number of aromatic amines is 1. The lowest BCUT2D eigenvalue weighted by atomic mass is 9.57. The van der Waals surface area contributed by atoms with Gasteiger partial charge in [-0.1, -0.05) is 18.2 Å². The molecule has 2 aliphatic carbocycles. The molecule has 0 radical (unpaired) electrons. The number of carbonyl (C=O) groups excluding carboxylic acids is 1. The van der Waals surface area contributed by atoms with E-state index in [9.17, 15) is 13.2 Å². The van der Waals surface area contributed by atoms with E-state index in [2.05, 4.69) is 15.1 Å². The van der Waals surface area contributed by atoms with Gasteiger partial charge in [0.2, 0.25) is 0 Å². The maximum atomic E-state index is 13.0. The molecule has 4 heterocycles. The van der Waals surface area contributed by atoms with Crippen LogP contribution in [-0.2, 0) is 16.4 Å². The fraction of sp³-hybridized carbons (Fsp3) is 0.640. The van der Waals surface area contributed by atoms with Gasteiger partial charge in [0, 0.05) is 74.7 Å². The summed E-state index contributed by atoms with van der Waals surface area (Å²) in [5, 5.41) is 7.57. The Bertz CT molecular complexity index is 1270. The number of likely N-dealkylation sites (tertiary alicyclic amines) is 3. The Morgan fingerprint density at radius 2 is 1.66 bits per heavy atom. The van der Waals surface area contributed by atoms with Gasteiger partial charge < -0.3 is 9.80 Å². The van der Waals surface area contributed by atoms with Crippen molar-refractivity contribution >= 4 is 15.9 Å². The normalized spacial score (nSPS) is 25.2. The van der Waals surface area contributed by atoms with Gasteiger partial charge in [0.15, 0.2) is 15.7 Å². The van der Waals surface area contributed by atoms with Crippen LogP contribution in [0.3, 0.4) is 0 Å². The number of urea groups is 1. The first-order valence-electron chi connectivity index (χ1n) is 12.7. The number of amides is 2. The van der Waals surface area contributed by atoms with E-state index in [0.29, 0.717) is 23.3 Å². The molecule has 2 amide bonds. The van der Waals surface area contributed by atoms with Crippen LogP contribution in [0.1, 0.15) is 54.7 Å². The van der Waals surface area contributed by atoms with Crippen molar-refractivity contribution in [3.8, 4) is 0 Å². The van der Waals surface area contributed by atoms with Gasteiger partial charge in [-0.3, -0.25) is 10.00 Å². The molecule has 0 bridgehead atoms. The predicted molar refractivity (Wildman–Crippen MR) is 129 cm³/mol. The molecule has 10 heteroatoms. The molecule has 3 aliphatic heterocycles. The first kappa shape index (κ1) is 21.8. The fourth-order valence-electron chi connectivity index (χ4n) is 6.88. The summed E-state index contributed by atoms with van der Waals surface area (Å²) in [7, 11) is -3.23. The Kier molecular flexibility index (Phi) is 4.54. The van der Waals surface area contributed by atoms with Crippen molar-refractivity contribution in [2.24, 2.45) is 10.8 Å². The molecule has 7 rings (SSSR count). The summed E-state index contributed by atoms with van der Waals surface area (Å²) < 4.78 is 24.1. The first-order chi connectivity index (χ1) is 16.7. The number of hydrogen-bond acceptors (Lipinski definition) is 6. The van der Waals surface area contributed by atoms with Crippen LogP contribution in [-0.4, -0.2) is 89.9 Å². The van der Waals surface area contributed by atoms with Crippen molar-refractivity contribution in [3.05, 3.63) is 41.5 Å². The van der Waals surface area contributed by atoms with Crippen LogP contribution in [0.15, 0.2) is 29.2 Å². The monoisotopic (exact) mass is 496 g/mol. The van der Waals surface area contributed by atoms with Crippen molar-refractivity contribution in [1.29, 1.82) is 0 Å². The Hall–Kier alpha value is -2.46. The average Bonchev–Trinajstić information content (AvgIpc) is 3.44. The molecule has 1 aromatic heterocycles. The third kappa shape index (κ3) is 3.67. The highest BCUT2D eigenvalue weighted by atomic mass is 32.2. The fourth-order valence-corrected chi connectivity index (χ4v) is 7.82. The highest BCUT2D eigenvalue weighted by molar-refractivity contribution is 7.90. The molecule has 5 fully saturated rings. The van der Waals surface area contributed by atoms with Crippen molar-refractivity contribution in [1.82, 2.24) is 29.9 Å². The van der Waals surface area contributed by atoms with Crippen LogP contribution < -0.4 is 0 Å². The second-order valence-corrected chi connectivity index (χ2v) is 14.0. The number of aromatic nitrogens is 3. The Morgan fingerprint density at radius 1 is 1.00 bits per heavy atom. The van der Waals surface area contributed by atoms with Crippen molar-refractivity contribution in [2.75, 3.05) is 45.5 Å². The number of H-pyrrole nitrogens is 1. The minimum atomic E-state index is -3.23. The maximum Gasteiger partial charge on any atom is 0.320 e. The highest BCUT2D eigenvalue weighted by Crippen LogP contribution is 2.56. The zero-order chi connectivity index (χ0) is 24.0. The second-order valence-electron chi connectivity index (χ2n) is 12.0. The number of benzene rings is 1. The van der Waals surface area contributed by atoms with Gasteiger partial charge in [0.05, 0.1) is 4.90 Å². The zero-order valence-corrected chi connectivity index (χ0v) is 20.9. The Balaban J connectivity index is 0.867. The van der Waals surface area contributed by atoms with Gasteiger partial charge in [-0.25, -0.2) is 18.2 Å². The molecular weight excluding hydrogens is 464 g/mol. The van der Waals surface area contributed by atoms with E-state index in [0.717, 1.165) is 69.3 Å². The van der Waals surface area contributed by atoms with E-state index in [1.807, 2.05) is 21.9 Å². The summed E-state index contributed by atoms with van der Waals surface area (Å²) in [5.41, 5.74) is 1.32. The van der Waals surface area contributed by atoms with E-state index in [-0.39, 0.29) is 16.9 Å². The van der Waals surface area contributed by atoms with E-state index in [1.54, 1.807) is 12.1 Å². The second kappa shape index (κ2) is 7.29. The molecular formula is C25H32N6O3S. The van der Waals surface area contributed by atoms with Gasteiger partial charge >= 0.3 is 6.03 Å². The lowest BCUT2D eigenvalue weighted by molar-refractivity contribution is -0.117. The molecule has 186 valence electrons. The standard InChI is InChI=1S/C25H32N6O3S/c1-35(33,34)20-5-3-2-4-18(20)10-29-11-25(12-29)15-31(16-25)23(32)30-13-24(14-30)8-19(9-24)22-26-21(27-28-22)17-6-7-17/h2-5,17,19H,6-16H2,1H3,(H,26,27,28). The maximum absolute atomic E-state index is 13.0. The Morgan fingerprint density at radius 3 is 2.31 bits per heavy atom. The molecule has 1 aromatic carbocycles. The number of hydrogen-bond donors (Lipinski definition) is 1. The zero-order valence-electron chi connectivity index (χ0n) is 20.1. The molecule has 3 saturated heterocycles. The van der Waals surface area contributed by atoms with Crippen molar-refractivity contribution < 1.29 is 13.2 Å². The summed E-state index contributed by atoms with van der Waals surface area (Å²) in [6.45, 7) is 5.81. The molecule has 35 heavy (non-hydrogen) atoms. The van der Waals surface area contributed by atoms with Crippen molar-refractivity contribution in [3.63, 3.8) is 0 Å². The molecule has 1 N–H and O–H groups in total. The van der Waals surface area contributed by atoms with E-state index < -0.39 is 9.84 Å². The summed E-state index contributed by atoms with van der Waals surface area (Å²) >= 11 is 0. The van der Waals surface area contributed by atoms with Crippen LogP contribution >= 0.6 is 0 Å². The third-order valence-corrected chi connectivity index (χ3v) is 9.94. The number of rotatable bonds is 5. The minimum absolute atomic E-state index is 0.180. The number of sulfone groups is 1. The van der Waals surface area contributed by atoms with Crippen LogP contribution in [0.4, 0.5) is 4.79 Å². The summed E-state index contributed by atoms with van der Waals surface area (Å²) in [6.07, 6.45) is 5.90. The number of nitrogens with one attached hydrogen (secondary N) is 1. The van der Waals surface area contributed by atoms with E-state index in [1.165, 1.54) is 19.1 Å². The highest BCUT2D eigenvalue weighted by Gasteiger charge is 2.58. The third-order valence-electron chi connectivity index (χ3n) is 8.74. The van der Waals surface area contributed by atoms with Crippen LogP contribution in [0, 0.1) is 10.8 Å².